The van der Waals surface area contributed by atoms with E-state index < -0.39 is 85.2 Å². The van der Waals surface area contributed by atoms with Gasteiger partial charge in [0.05, 0.1) is 64.4 Å². The van der Waals surface area contributed by atoms with E-state index in [1.807, 2.05) is 30.3 Å². The van der Waals surface area contributed by atoms with Gasteiger partial charge in [-0.3, -0.25) is 9.59 Å². The molecule has 0 amide bonds. The lowest BCUT2D eigenvalue weighted by molar-refractivity contribution is -0.287. The zero-order valence-electron chi connectivity index (χ0n) is 38.9. The van der Waals surface area contributed by atoms with E-state index in [9.17, 15) is 24.0 Å². The number of hydrogen-bond acceptors (Lipinski definition) is 18. The molecule has 0 aliphatic carbocycles. The van der Waals surface area contributed by atoms with Gasteiger partial charge >= 0.3 is 29.8 Å². The minimum Gasteiger partial charge on any atom is -0.493 e. The summed E-state index contributed by atoms with van der Waals surface area (Å²) in [4.78, 5) is 67.8. The Morgan fingerprint density at radius 3 is 1.57 bits per heavy atom. The third-order valence-corrected chi connectivity index (χ3v) is 11.0. The van der Waals surface area contributed by atoms with Crippen molar-refractivity contribution in [1.82, 2.24) is 0 Å². The lowest BCUT2D eigenvalue weighted by atomic mass is 9.97. The molecular formula is C52H52O18. The average molecular weight is 965 g/mol. The van der Waals surface area contributed by atoms with Crippen LogP contribution in [-0.4, -0.2) is 120 Å². The van der Waals surface area contributed by atoms with Crippen LogP contribution in [-0.2, 0) is 58.8 Å². The Labute approximate surface area is 403 Å². The zero-order valence-corrected chi connectivity index (χ0v) is 38.9. The van der Waals surface area contributed by atoms with Crippen molar-refractivity contribution in [2.24, 2.45) is 0 Å². The molecule has 368 valence electrons. The molecule has 2 saturated heterocycles. The summed E-state index contributed by atoms with van der Waals surface area (Å²) >= 11 is 0. The fourth-order valence-corrected chi connectivity index (χ4v) is 7.82. The van der Waals surface area contributed by atoms with Gasteiger partial charge in [-0.2, -0.15) is 0 Å². The largest absolute Gasteiger partial charge is 0.493 e. The van der Waals surface area contributed by atoms with E-state index in [1.54, 1.807) is 54.6 Å². The van der Waals surface area contributed by atoms with Crippen LogP contribution in [0.1, 0.15) is 50.5 Å². The summed E-state index contributed by atoms with van der Waals surface area (Å²) in [5.74, 6) is -3.48. The maximum Gasteiger partial charge on any atom is 0.338 e. The van der Waals surface area contributed by atoms with Crippen molar-refractivity contribution in [2.75, 3.05) is 41.2 Å². The quantitative estimate of drug-likeness (QED) is 0.0618. The van der Waals surface area contributed by atoms with Gasteiger partial charge in [-0.15, -0.1) is 0 Å². The Bertz CT molecular complexity index is 2520. The van der Waals surface area contributed by atoms with E-state index in [1.165, 1.54) is 76.8 Å². The highest BCUT2D eigenvalue weighted by Crippen LogP contribution is 2.42. The SMILES string of the molecule is COc1cc(O[C@@H]2O[C@H](CO[C@@H]3OC[C@@](COCc4ccccc4)(OC(C)=O)[C@H]3OC(C)=O)[C@@H](OC(=O)c3ccccc3)[C@H](OC(=O)c3ccccc3)[C@H]2OC(=O)c2ccccc2)cc(OC)c1OC. The highest BCUT2D eigenvalue weighted by Gasteiger charge is 2.58. The van der Waals surface area contributed by atoms with E-state index >= 15 is 0 Å². The molecule has 0 spiro atoms. The van der Waals surface area contributed by atoms with E-state index in [-0.39, 0.29) is 59.5 Å². The van der Waals surface area contributed by atoms with Crippen molar-refractivity contribution in [2.45, 2.75) is 69.2 Å². The fraction of sp³-hybridized carbons (Fsp3) is 0.327. The number of esters is 5. The number of hydrogen-bond donors (Lipinski definition) is 0. The highest BCUT2D eigenvalue weighted by molar-refractivity contribution is 5.91. The van der Waals surface area contributed by atoms with Crippen LogP contribution in [0.4, 0.5) is 0 Å². The Balaban J connectivity index is 1.30. The predicted octanol–water partition coefficient (Wildman–Crippen LogP) is 6.32. The average Bonchev–Trinajstić information content (AvgIpc) is 3.69. The number of rotatable bonds is 20. The van der Waals surface area contributed by atoms with Crippen molar-refractivity contribution < 1.29 is 85.6 Å². The molecule has 2 aliphatic rings. The van der Waals surface area contributed by atoms with Gasteiger partial charge in [0.15, 0.2) is 41.7 Å². The molecule has 7 rings (SSSR count). The molecule has 2 heterocycles. The topological polar surface area (TPSA) is 205 Å². The molecule has 0 saturated carbocycles. The van der Waals surface area contributed by atoms with Crippen LogP contribution in [0.15, 0.2) is 133 Å². The van der Waals surface area contributed by atoms with Gasteiger partial charge in [-0.1, -0.05) is 84.9 Å². The monoisotopic (exact) mass is 964 g/mol. The van der Waals surface area contributed by atoms with E-state index in [0.29, 0.717) is 0 Å². The van der Waals surface area contributed by atoms with Crippen LogP contribution in [0.3, 0.4) is 0 Å². The number of benzene rings is 5. The van der Waals surface area contributed by atoms with Crippen LogP contribution < -0.4 is 18.9 Å². The Morgan fingerprint density at radius 2 is 1.09 bits per heavy atom. The number of methoxy groups -OCH3 is 3. The van der Waals surface area contributed by atoms with E-state index in [2.05, 4.69) is 0 Å². The van der Waals surface area contributed by atoms with Crippen LogP contribution in [0, 0.1) is 0 Å². The van der Waals surface area contributed by atoms with Gasteiger partial charge in [0, 0.05) is 26.0 Å². The van der Waals surface area contributed by atoms with Gasteiger partial charge in [-0.25, -0.2) is 14.4 Å². The minimum absolute atomic E-state index is 0.0449. The van der Waals surface area contributed by atoms with Gasteiger partial charge in [0.2, 0.25) is 18.1 Å². The summed E-state index contributed by atoms with van der Waals surface area (Å²) in [5.41, 5.74) is -0.555. The minimum atomic E-state index is -1.71. The maximum atomic E-state index is 14.2. The lowest BCUT2D eigenvalue weighted by Crippen LogP contribution is -2.64. The van der Waals surface area contributed by atoms with Gasteiger partial charge in [-0.05, 0) is 42.0 Å². The van der Waals surface area contributed by atoms with Crippen LogP contribution in [0.5, 0.6) is 23.0 Å². The first-order valence-corrected chi connectivity index (χ1v) is 22.0. The Kier molecular flexibility index (Phi) is 17.0. The van der Waals surface area contributed by atoms with Crippen LogP contribution in [0.2, 0.25) is 0 Å². The molecule has 2 aliphatic heterocycles. The number of ether oxygens (including phenoxy) is 13. The molecule has 8 atom stereocenters. The molecule has 0 N–H and O–H groups in total. The number of carbonyl (C=O) groups is 5. The second kappa shape index (κ2) is 23.7. The van der Waals surface area contributed by atoms with Gasteiger partial charge < -0.3 is 61.6 Å². The van der Waals surface area contributed by atoms with E-state index in [0.717, 1.165) is 12.5 Å². The Hall–Kier alpha value is -7.51. The standard InChI is InChI=1S/C52H52O18/c1-32(53)64-46-51(63-31-52(46,70-33(2)54)30-61-28-34-18-10-6-11-19-34)62-29-41-43(67-47(55)35-20-12-7-13-21-35)44(68-48(56)36-22-14-8-15-23-36)45(69-49(57)37-24-16-9-17-25-37)50(66-41)65-38-26-39(58-3)42(60-5)40(27-38)59-4/h6-27,41,43-46,50-51H,28-31H2,1-5H3/t41-,43-,44+,45-,46+,50-,51-,52-/m1/s1. The molecule has 0 bridgehead atoms. The van der Waals surface area contributed by atoms with Crippen LogP contribution >= 0.6 is 0 Å². The first kappa shape index (κ1) is 50.4. The highest BCUT2D eigenvalue weighted by atomic mass is 16.8. The molecule has 2 fully saturated rings. The van der Waals surface area contributed by atoms with Crippen molar-refractivity contribution in [3.05, 3.63) is 156 Å². The molecule has 18 heteroatoms. The normalized spacial score (nSPS) is 22.7. The molecule has 0 radical (unpaired) electrons. The first-order valence-electron chi connectivity index (χ1n) is 22.0. The predicted molar refractivity (Wildman–Crippen MR) is 244 cm³/mol. The van der Waals surface area contributed by atoms with Crippen LogP contribution in [0.25, 0.3) is 0 Å². The summed E-state index contributed by atoms with van der Waals surface area (Å²) in [5, 5.41) is 0. The third-order valence-electron chi connectivity index (χ3n) is 11.0. The second-order valence-corrected chi connectivity index (χ2v) is 15.9. The maximum absolute atomic E-state index is 14.2. The van der Waals surface area contributed by atoms with Crippen molar-refractivity contribution >= 4 is 29.8 Å². The smallest absolute Gasteiger partial charge is 0.338 e. The lowest BCUT2D eigenvalue weighted by Gasteiger charge is -2.44. The molecule has 5 aromatic carbocycles. The van der Waals surface area contributed by atoms with E-state index in [4.69, 9.17) is 61.6 Å². The summed E-state index contributed by atoms with van der Waals surface area (Å²) in [6.07, 6.45) is -11.1. The summed E-state index contributed by atoms with van der Waals surface area (Å²) in [6.45, 7) is 1.25. The van der Waals surface area contributed by atoms with Crippen molar-refractivity contribution in [3.8, 4) is 23.0 Å². The zero-order chi connectivity index (χ0) is 49.6. The molecule has 0 aromatic heterocycles. The third kappa shape index (κ3) is 12.4. The van der Waals surface area contributed by atoms with Gasteiger partial charge in [0.25, 0.3) is 0 Å². The molecule has 70 heavy (non-hydrogen) atoms. The molecule has 5 aromatic rings. The Morgan fingerprint density at radius 1 is 0.586 bits per heavy atom. The molecular weight excluding hydrogens is 913 g/mol. The molecule has 0 unspecified atom stereocenters. The second-order valence-electron chi connectivity index (χ2n) is 15.9. The first-order chi connectivity index (χ1) is 33.9. The van der Waals surface area contributed by atoms with Gasteiger partial charge in [0.1, 0.15) is 11.9 Å². The van der Waals surface area contributed by atoms with Crippen molar-refractivity contribution in [1.29, 1.82) is 0 Å². The molecule has 18 nitrogen and oxygen atoms in total. The summed E-state index contributed by atoms with van der Waals surface area (Å²) in [6, 6.07) is 36.1. The summed E-state index contributed by atoms with van der Waals surface area (Å²) < 4.78 is 78.5. The summed E-state index contributed by atoms with van der Waals surface area (Å²) in [7, 11) is 4.23. The van der Waals surface area contributed by atoms with Crippen molar-refractivity contribution in [3.63, 3.8) is 0 Å². The fourth-order valence-electron chi connectivity index (χ4n) is 7.82. The number of carbonyl (C=O) groups excluding carboxylic acids is 5.